The van der Waals surface area contributed by atoms with Gasteiger partial charge in [-0.3, -0.25) is 14.6 Å². The number of nitrogens with zero attached hydrogens (tertiary/aromatic N) is 4. The molecule has 254 valence electrons. The highest BCUT2D eigenvalue weighted by Crippen LogP contribution is 2.29. The maximum absolute atomic E-state index is 12.7. The van der Waals surface area contributed by atoms with Crippen molar-refractivity contribution in [3.63, 3.8) is 0 Å². The molecule has 47 heavy (non-hydrogen) atoms. The topological polar surface area (TPSA) is 84.4 Å². The van der Waals surface area contributed by atoms with Crippen molar-refractivity contribution in [3.8, 4) is 5.88 Å². The summed E-state index contributed by atoms with van der Waals surface area (Å²) in [5.41, 5.74) is 2.27. The van der Waals surface area contributed by atoms with Crippen LogP contribution < -0.4 is 14.5 Å². The van der Waals surface area contributed by atoms with Crippen LogP contribution in [0.1, 0.15) is 83.1 Å². The number of carbonyl (C=O) groups excluding carboxylic acids is 2. The second-order valence-electron chi connectivity index (χ2n) is 12.7. The number of rotatable bonds is 18. The average molecular weight is 645 g/mol. The normalized spacial score (nSPS) is 15.1. The van der Waals surface area contributed by atoms with Crippen molar-refractivity contribution in [1.82, 2.24) is 9.88 Å². The lowest BCUT2D eigenvalue weighted by molar-refractivity contribution is -0.119. The van der Waals surface area contributed by atoms with Crippen LogP contribution in [0.2, 0.25) is 0 Å². The van der Waals surface area contributed by atoms with Gasteiger partial charge in [0, 0.05) is 49.7 Å². The van der Waals surface area contributed by atoms with Crippen LogP contribution in [-0.2, 0) is 20.7 Å². The van der Waals surface area contributed by atoms with E-state index >= 15 is 0 Å². The molecule has 1 saturated heterocycles. The molecule has 2 aliphatic rings. The monoisotopic (exact) mass is 644 g/mol. The Morgan fingerprint density at radius 3 is 2.34 bits per heavy atom. The molecule has 2 aliphatic heterocycles. The molecule has 1 amide bonds. The lowest BCUT2D eigenvalue weighted by Crippen LogP contribution is -2.46. The first-order valence-electron chi connectivity index (χ1n) is 17.8. The molecule has 0 unspecified atom stereocenters. The zero-order chi connectivity index (χ0) is 32.7. The number of pyridine rings is 1. The van der Waals surface area contributed by atoms with Crippen LogP contribution in [0.25, 0.3) is 10.8 Å². The number of hydrogen-bond donors (Lipinski definition) is 0. The zero-order valence-corrected chi connectivity index (χ0v) is 28.2. The van der Waals surface area contributed by atoms with E-state index in [4.69, 9.17) is 14.2 Å². The van der Waals surface area contributed by atoms with Gasteiger partial charge in [-0.25, -0.2) is 4.79 Å². The minimum atomic E-state index is -0.754. The third-order valence-electron chi connectivity index (χ3n) is 9.22. The molecule has 3 heterocycles. The molecule has 0 saturated carbocycles. The maximum atomic E-state index is 12.7. The molecule has 0 atom stereocenters. The van der Waals surface area contributed by atoms with Crippen molar-refractivity contribution in [2.75, 3.05) is 62.5 Å². The van der Waals surface area contributed by atoms with Crippen LogP contribution in [0.15, 0.2) is 54.6 Å². The van der Waals surface area contributed by atoms with Gasteiger partial charge in [0.1, 0.15) is 5.82 Å². The fraction of sp³-hybridized carbons (Fsp3) is 0.553. The highest BCUT2D eigenvalue weighted by atomic mass is 16.7. The van der Waals surface area contributed by atoms with Gasteiger partial charge in [-0.15, -0.1) is 0 Å². The van der Waals surface area contributed by atoms with Gasteiger partial charge in [-0.05, 0) is 55.3 Å². The van der Waals surface area contributed by atoms with E-state index in [-0.39, 0.29) is 12.6 Å². The number of benzene rings is 2. The Labute approximate surface area is 280 Å². The SMILES string of the molecule is CCCCCCCCCCOC(=O)OCN1C(=O)CCc2ccc(OCCCCN3CCN(c4cccc5ccccc45)CC3)nc21. The predicted molar refractivity (Wildman–Crippen MR) is 187 cm³/mol. The number of amides is 1. The Morgan fingerprint density at radius 1 is 0.766 bits per heavy atom. The third kappa shape index (κ3) is 10.3. The number of ether oxygens (including phenoxy) is 3. The van der Waals surface area contributed by atoms with E-state index in [1.807, 2.05) is 12.1 Å². The summed E-state index contributed by atoms with van der Waals surface area (Å²) in [6, 6.07) is 19.0. The van der Waals surface area contributed by atoms with Crippen LogP contribution in [0, 0.1) is 0 Å². The lowest BCUT2D eigenvalue weighted by atomic mass is 10.1. The highest BCUT2D eigenvalue weighted by molar-refractivity contribution is 5.95. The Hall–Kier alpha value is -3.85. The minimum absolute atomic E-state index is 0.126. The summed E-state index contributed by atoms with van der Waals surface area (Å²) in [6.07, 6.45) is 11.5. The molecular formula is C38H52N4O5. The Balaban J connectivity index is 0.982. The molecular weight excluding hydrogens is 592 g/mol. The Morgan fingerprint density at radius 2 is 1.51 bits per heavy atom. The highest BCUT2D eigenvalue weighted by Gasteiger charge is 2.27. The van der Waals surface area contributed by atoms with Gasteiger partial charge in [0.25, 0.3) is 0 Å². The molecule has 1 aromatic heterocycles. The van der Waals surface area contributed by atoms with Gasteiger partial charge < -0.3 is 19.1 Å². The molecule has 9 heteroatoms. The molecule has 9 nitrogen and oxygen atoms in total. The van der Waals surface area contributed by atoms with Crippen molar-refractivity contribution < 1.29 is 23.8 Å². The summed E-state index contributed by atoms with van der Waals surface area (Å²) >= 11 is 0. The quantitative estimate of drug-likeness (QED) is 0.103. The van der Waals surface area contributed by atoms with Crippen LogP contribution in [0.4, 0.5) is 16.3 Å². The van der Waals surface area contributed by atoms with Gasteiger partial charge in [0.15, 0.2) is 6.73 Å². The standard InChI is InChI=1S/C38H52N4O5/c1-2-3-4-5-6-7-8-12-29-46-38(44)47-30-42-36(43)22-20-32-19-21-35(39-37(32)42)45-28-13-11-23-40-24-26-41(27-25-40)34-18-14-16-31-15-9-10-17-33(31)34/h9-10,14-19,21H,2-8,11-13,20,22-30H2,1H3. The number of fused-ring (bicyclic) bond motifs is 2. The number of carbonyl (C=O) groups is 2. The van der Waals surface area contributed by atoms with E-state index in [0.717, 1.165) is 70.4 Å². The number of aryl methyl sites for hydroxylation is 1. The fourth-order valence-corrected chi connectivity index (χ4v) is 6.46. The molecule has 5 rings (SSSR count). The van der Waals surface area contributed by atoms with Crippen molar-refractivity contribution in [1.29, 1.82) is 0 Å². The molecule has 3 aromatic rings. The Bertz CT molecular complexity index is 1420. The molecule has 0 N–H and O–H groups in total. The van der Waals surface area contributed by atoms with Crippen LogP contribution in [-0.4, -0.2) is 74.6 Å². The summed E-state index contributed by atoms with van der Waals surface area (Å²) in [4.78, 5) is 36.0. The van der Waals surface area contributed by atoms with Crippen molar-refractivity contribution in [3.05, 3.63) is 60.2 Å². The summed E-state index contributed by atoms with van der Waals surface area (Å²) in [5, 5.41) is 2.61. The minimum Gasteiger partial charge on any atom is -0.478 e. The predicted octanol–water partition coefficient (Wildman–Crippen LogP) is 7.75. The third-order valence-corrected chi connectivity index (χ3v) is 9.22. The first-order valence-corrected chi connectivity index (χ1v) is 17.8. The van der Waals surface area contributed by atoms with E-state index < -0.39 is 6.16 Å². The first-order chi connectivity index (χ1) is 23.1. The molecule has 0 spiro atoms. The molecule has 2 aromatic carbocycles. The van der Waals surface area contributed by atoms with Gasteiger partial charge in [-0.2, -0.15) is 4.98 Å². The first kappa shape index (κ1) is 34.5. The van der Waals surface area contributed by atoms with Gasteiger partial charge in [-0.1, -0.05) is 88.3 Å². The van der Waals surface area contributed by atoms with Gasteiger partial charge in [0.2, 0.25) is 11.8 Å². The largest absolute Gasteiger partial charge is 0.510 e. The van der Waals surface area contributed by atoms with Crippen molar-refractivity contribution in [2.24, 2.45) is 0 Å². The summed E-state index contributed by atoms with van der Waals surface area (Å²) in [6.45, 7) is 8.08. The van der Waals surface area contributed by atoms with E-state index in [9.17, 15) is 9.59 Å². The number of piperazine rings is 1. The summed E-state index contributed by atoms with van der Waals surface area (Å²) in [7, 11) is 0. The average Bonchev–Trinajstić information content (AvgIpc) is 3.10. The van der Waals surface area contributed by atoms with E-state index in [1.165, 1.54) is 53.5 Å². The van der Waals surface area contributed by atoms with Gasteiger partial charge in [0.05, 0.1) is 13.2 Å². The zero-order valence-electron chi connectivity index (χ0n) is 28.2. The number of unbranched alkanes of at least 4 members (excludes halogenated alkanes) is 8. The van der Waals surface area contributed by atoms with Crippen molar-refractivity contribution >= 4 is 34.3 Å². The Kier molecular flexibility index (Phi) is 13.6. The number of hydrogen-bond acceptors (Lipinski definition) is 8. The second-order valence-corrected chi connectivity index (χ2v) is 12.7. The molecule has 0 aliphatic carbocycles. The number of aromatic nitrogens is 1. The van der Waals surface area contributed by atoms with E-state index in [0.29, 0.717) is 37.8 Å². The summed E-state index contributed by atoms with van der Waals surface area (Å²) in [5.74, 6) is 0.849. The molecule has 0 radical (unpaired) electrons. The maximum Gasteiger partial charge on any atom is 0.510 e. The fourth-order valence-electron chi connectivity index (χ4n) is 6.46. The van der Waals surface area contributed by atoms with E-state index in [1.54, 1.807) is 0 Å². The number of anilines is 2. The smallest absolute Gasteiger partial charge is 0.478 e. The van der Waals surface area contributed by atoms with E-state index in [2.05, 4.69) is 64.2 Å². The van der Waals surface area contributed by atoms with Crippen LogP contribution in [0.3, 0.4) is 0 Å². The van der Waals surface area contributed by atoms with Crippen LogP contribution >= 0.6 is 0 Å². The second kappa shape index (κ2) is 18.5. The molecule has 1 fully saturated rings. The molecule has 0 bridgehead atoms. The van der Waals surface area contributed by atoms with Gasteiger partial charge >= 0.3 is 6.16 Å². The lowest BCUT2D eigenvalue weighted by Gasteiger charge is -2.36. The van der Waals surface area contributed by atoms with Crippen molar-refractivity contribution in [2.45, 2.75) is 84.0 Å². The van der Waals surface area contributed by atoms with Crippen LogP contribution in [0.5, 0.6) is 5.88 Å². The summed E-state index contributed by atoms with van der Waals surface area (Å²) < 4.78 is 16.5.